The number of carbonyl (C=O) groups is 1. The van der Waals surface area contributed by atoms with Gasteiger partial charge in [-0.2, -0.15) is 5.10 Å². The fraction of sp³-hybridized carbons (Fsp3) is 0.333. The zero-order valence-corrected chi connectivity index (χ0v) is 12.4. The maximum atomic E-state index is 11.6. The highest BCUT2D eigenvalue weighted by Crippen LogP contribution is 2.13. The summed E-state index contributed by atoms with van der Waals surface area (Å²) in [7, 11) is 4.05. The number of amides is 2. The van der Waals surface area contributed by atoms with Crippen molar-refractivity contribution in [3.63, 3.8) is 0 Å². The monoisotopic (exact) mass is 287 g/mol. The summed E-state index contributed by atoms with van der Waals surface area (Å²) in [4.78, 5) is 13.6. The molecule has 6 nitrogen and oxygen atoms in total. The Balaban J connectivity index is 1.66. The van der Waals surface area contributed by atoms with E-state index in [1.54, 1.807) is 12.4 Å². The summed E-state index contributed by atoms with van der Waals surface area (Å²) in [6.07, 6.45) is 5.04. The van der Waals surface area contributed by atoms with E-state index in [9.17, 15) is 4.79 Å². The van der Waals surface area contributed by atoms with Gasteiger partial charge in [-0.25, -0.2) is 4.79 Å². The molecular weight excluding hydrogens is 266 g/mol. The molecule has 21 heavy (non-hydrogen) atoms. The standard InChI is InChI=1S/C15H21N5O/c1-20(2)14-7-5-12(6-8-14)4-3-9-16-15(21)19-13-10-17-18-11-13/h5-8,10-11H,3-4,9H2,1-2H3,(H,17,18)(H2,16,19,21). The van der Waals surface area contributed by atoms with Gasteiger partial charge in [0.05, 0.1) is 11.9 Å². The molecule has 112 valence electrons. The minimum absolute atomic E-state index is 0.209. The van der Waals surface area contributed by atoms with Crippen molar-refractivity contribution in [1.29, 1.82) is 0 Å². The third kappa shape index (κ3) is 4.83. The highest BCUT2D eigenvalue weighted by atomic mass is 16.2. The second kappa shape index (κ2) is 7.33. The SMILES string of the molecule is CN(C)c1ccc(CCCNC(=O)Nc2cn[nH]c2)cc1. The molecule has 0 spiro atoms. The molecule has 0 aliphatic carbocycles. The first kappa shape index (κ1) is 14.9. The van der Waals surface area contributed by atoms with Gasteiger partial charge in [0.15, 0.2) is 0 Å². The van der Waals surface area contributed by atoms with Gasteiger partial charge in [-0.1, -0.05) is 12.1 Å². The van der Waals surface area contributed by atoms with Crippen molar-refractivity contribution in [1.82, 2.24) is 15.5 Å². The van der Waals surface area contributed by atoms with Crippen LogP contribution >= 0.6 is 0 Å². The molecule has 3 N–H and O–H groups in total. The van der Waals surface area contributed by atoms with Crippen molar-refractivity contribution in [2.24, 2.45) is 0 Å². The third-order valence-corrected chi connectivity index (χ3v) is 3.14. The molecule has 2 rings (SSSR count). The number of hydrogen-bond acceptors (Lipinski definition) is 3. The predicted molar refractivity (Wildman–Crippen MR) is 84.7 cm³/mol. The van der Waals surface area contributed by atoms with Crippen molar-refractivity contribution < 1.29 is 4.79 Å². The molecule has 1 heterocycles. The number of anilines is 2. The fourth-order valence-electron chi connectivity index (χ4n) is 1.95. The van der Waals surface area contributed by atoms with Crippen LogP contribution in [0.1, 0.15) is 12.0 Å². The summed E-state index contributed by atoms with van der Waals surface area (Å²) in [5, 5.41) is 11.9. The molecule has 1 aromatic heterocycles. The summed E-state index contributed by atoms with van der Waals surface area (Å²) < 4.78 is 0. The van der Waals surface area contributed by atoms with Crippen LogP contribution in [0, 0.1) is 0 Å². The zero-order valence-electron chi connectivity index (χ0n) is 12.4. The number of carbonyl (C=O) groups excluding carboxylic acids is 1. The minimum Gasteiger partial charge on any atom is -0.378 e. The minimum atomic E-state index is -0.209. The first-order chi connectivity index (χ1) is 10.1. The molecule has 6 heteroatoms. The number of benzene rings is 1. The second-order valence-corrected chi connectivity index (χ2v) is 5.03. The Bertz CT molecular complexity index is 548. The molecule has 0 aliphatic rings. The molecule has 0 atom stereocenters. The molecule has 0 unspecified atom stereocenters. The zero-order chi connectivity index (χ0) is 15.1. The largest absolute Gasteiger partial charge is 0.378 e. The van der Waals surface area contributed by atoms with Gasteiger partial charge in [-0.15, -0.1) is 0 Å². The molecule has 2 amide bonds. The lowest BCUT2D eigenvalue weighted by molar-refractivity contribution is 0.252. The number of nitrogens with one attached hydrogen (secondary N) is 3. The topological polar surface area (TPSA) is 73.1 Å². The average molecular weight is 287 g/mol. The molecule has 2 aromatic rings. The molecule has 0 radical (unpaired) electrons. The quantitative estimate of drug-likeness (QED) is 0.713. The summed E-state index contributed by atoms with van der Waals surface area (Å²) in [6.45, 7) is 0.638. The number of urea groups is 1. The highest BCUT2D eigenvalue weighted by Gasteiger charge is 2.01. The Morgan fingerprint density at radius 2 is 2.05 bits per heavy atom. The number of hydrogen-bond donors (Lipinski definition) is 3. The van der Waals surface area contributed by atoms with Gasteiger partial charge in [-0.3, -0.25) is 5.10 Å². The lowest BCUT2D eigenvalue weighted by Crippen LogP contribution is -2.29. The number of nitrogens with zero attached hydrogens (tertiary/aromatic N) is 2. The Morgan fingerprint density at radius 1 is 1.29 bits per heavy atom. The normalized spacial score (nSPS) is 10.2. The van der Waals surface area contributed by atoms with Crippen molar-refractivity contribution >= 4 is 17.4 Å². The lowest BCUT2D eigenvalue weighted by atomic mass is 10.1. The average Bonchev–Trinajstić information content (AvgIpc) is 2.97. The maximum Gasteiger partial charge on any atom is 0.319 e. The van der Waals surface area contributed by atoms with E-state index in [1.165, 1.54) is 11.3 Å². The summed E-state index contributed by atoms with van der Waals surface area (Å²) in [6, 6.07) is 8.25. The smallest absolute Gasteiger partial charge is 0.319 e. The van der Waals surface area contributed by atoms with Crippen LogP contribution in [0.25, 0.3) is 0 Å². The van der Waals surface area contributed by atoms with Gasteiger partial charge >= 0.3 is 6.03 Å². The van der Waals surface area contributed by atoms with Crippen molar-refractivity contribution in [3.8, 4) is 0 Å². The van der Waals surface area contributed by atoms with Crippen LogP contribution in [0.4, 0.5) is 16.2 Å². The number of aromatic amines is 1. The maximum absolute atomic E-state index is 11.6. The van der Waals surface area contributed by atoms with Crippen LogP contribution < -0.4 is 15.5 Å². The van der Waals surface area contributed by atoms with Gasteiger partial charge in [0.2, 0.25) is 0 Å². The summed E-state index contributed by atoms with van der Waals surface area (Å²) >= 11 is 0. The molecule has 0 saturated heterocycles. The van der Waals surface area contributed by atoms with Crippen LogP contribution in [-0.2, 0) is 6.42 Å². The van der Waals surface area contributed by atoms with Crippen LogP contribution in [0.5, 0.6) is 0 Å². The lowest BCUT2D eigenvalue weighted by Gasteiger charge is -2.12. The number of aromatic nitrogens is 2. The Hall–Kier alpha value is -2.50. The van der Waals surface area contributed by atoms with E-state index in [4.69, 9.17) is 0 Å². The molecule has 1 aromatic carbocycles. The molecule has 0 saturated carbocycles. The van der Waals surface area contributed by atoms with Gasteiger partial charge in [0.25, 0.3) is 0 Å². The van der Waals surface area contributed by atoms with Gasteiger partial charge < -0.3 is 15.5 Å². The first-order valence-corrected chi connectivity index (χ1v) is 6.95. The Kier molecular flexibility index (Phi) is 5.20. The van der Waals surface area contributed by atoms with E-state index >= 15 is 0 Å². The van der Waals surface area contributed by atoms with E-state index in [0.717, 1.165) is 12.8 Å². The Morgan fingerprint density at radius 3 is 2.67 bits per heavy atom. The number of rotatable bonds is 6. The van der Waals surface area contributed by atoms with Gasteiger partial charge in [0.1, 0.15) is 0 Å². The third-order valence-electron chi connectivity index (χ3n) is 3.14. The highest BCUT2D eigenvalue weighted by molar-refractivity contribution is 5.88. The summed E-state index contributed by atoms with van der Waals surface area (Å²) in [5.74, 6) is 0. The molecule has 0 aliphatic heterocycles. The van der Waals surface area contributed by atoms with Crippen LogP contribution in [-0.4, -0.2) is 36.9 Å². The van der Waals surface area contributed by atoms with Crippen LogP contribution in [0.2, 0.25) is 0 Å². The van der Waals surface area contributed by atoms with Gasteiger partial charge in [-0.05, 0) is 30.5 Å². The first-order valence-electron chi connectivity index (χ1n) is 6.95. The number of aryl methyl sites for hydroxylation is 1. The van der Waals surface area contributed by atoms with E-state index in [0.29, 0.717) is 12.2 Å². The van der Waals surface area contributed by atoms with Crippen molar-refractivity contribution in [2.45, 2.75) is 12.8 Å². The number of H-pyrrole nitrogens is 1. The van der Waals surface area contributed by atoms with E-state index in [-0.39, 0.29) is 6.03 Å². The van der Waals surface area contributed by atoms with E-state index in [1.807, 2.05) is 14.1 Å². The van der Waals surface area contributed by atoms with Crippen LogP contribution in [0.15, 0.2) is 36.7 Å². The summed E-state index contributed by atoms with van der Waals surface area (Å²) in [5.41, 5.74) is 3.13. The molecule has 0 fully saturated rings. The molecule has 0 bridgehead atoms. The van der Waals surface area contributed by atoms with Crippen LogP contribution in [0.3, 0.4) is 0 Å². The predicted octanol–water partition coefficient (Wildman–Crippen LogP) is 2.23. The van der Waals surface area contributed by atoms with E-state index < -0.39 is 0 Å². The van der Waals surface area contributed by atoms with Gasteiger partial charge in [0, 0.05) is 32.5 Å². The molecular formula is C15H21N5O. The second-order valence-electron chi connectivity index (χ2n) is 5.03. The van der Waals surface area contributed by atoms with Crippen molar-refractivity contribution in [3.05, 3.63) is 42.2 Å². The Labute approximate surface area is 124 Å². The van der Waals surface area contributed by atoms with Crippen molar-refractivity contribution in [2.75, 3.05) is 30.9 Å². The van der Waals surface area contributed by atoms with E-state index in [2.05, 4.69) is 50.0 Å². The fourth-order valence-corrected chi connectivity index (χ4v) is 1.95.